The van der Waals surface area contributed by atoms with E-state index in [-0.39, 0.29) is 0 Å². The van der Waals surface area contributed by atoms with E-state index < -0.39 is 9.49 Å². The lowest BCUT2D eigenvalue weighted by molar-refractivity contribution is 0.818. The first-order chi connectivity index (χ1) is 20.5. The Morgan fingerprint density at radius 2 is 0.643 bits per heavy atom. The number of fused-ring (bicyclic) bond motifs is 4. The molecule has 0 N–H and O–H groups in total. The third-order valence-corrected chi connectivity index (χ3v) is 16.5. The van der Waals surface area contributed by atoms with Gasteiger partial charge in [0.1, 0.15) is 29.5 Å². The standard InChI is InChI=1S/C32H22N4S6/c1-31(27-33-19-11-3-7-15-23(19)37-27,28-34-20-12-4-8-16-24(20)38-28)41-42-32(2,29-35-21-13-5-9-17-25(21)39-29)30-36-22-14-6-10-18-26(22)40-30/h3-18H,1-2H3. The Hall–Kier alpha value is -2.86. The zero-order valence-corrected chi connectivity index (χ0v) is 27.4. The Kier molecular flexibility index (Phi) is 6.62. The number of para-hydroxylation sites is 4. The maximum absolute atomic E-state index is 5.17. The SMILES string of the molecule is CC(SSC(C)(c1nc2ccccc2s1)c1nc2ccccc2s1)(c1nc2ccccc2s1)c1nc2ccccc2s1. The van der Waals surface area contributed by atoms with Gasteiger partial charge in [-0.25, -0.2) is 19.9 Å². The van der Waals surface area contributed by atoms with Gasteiger partial charge in [0.25, 0.3) is 0 Å². The van der Waals surface area contributed by atoms with Crippen molar-refractivity contribution in [2.45, 2.75) is 23.3 Å². The maximum Gasteiger partial charge on any atom is 0.126 e. The van der Waals surface area contributed by atoms with Crippen molar-refractivity contribution in [2.75, 3.05) is 0 Å². The predicted molar refractivity (Wildman–Crippen MR) is 187 cm³/mol. The number of thiazole rings is 4. The molecule has 0 radical (unpaired) electrons. The molecule has 4 nitrogen and oxygen atoms in total. The molecule has 0 aliphatic heterocycles. The molecule has 0 spiro atoms. The van der Waals surface area contributed by atoms with Gasteiger partial charge in [0.15, 0.2) is 0 Å². The molecule has 42 heavy (non-hydrogen) atoms. The first-order valence-electron chi connectivity index (χ1n) is 13.3. The average Bonchev–Trinajstić information content (AvgIpc) is 3.82. The van der Waals surface area contributed by atoms with Crippen LogP contribution in [-0.4, -0.2) is 19.9 Å². The van der Waals surface area contributed by atoms with E-state index in [0.29, 0.717) is 0 Å². The molecule has 0 bridgehead atoms. The number of rotatable bonds is 7. The lowest BCUT2D eigenvalue weighted by Crippen LogP contribution is -2.22. The third kappa shape index (κ3) is 4.47. The number of benzene rings is 4. The number of hydrogen-bond acceptors (Lipinski definition) is 10. The van der Waals surface area contributed by atoms with Gasteiger partial charge in [0.05, 0.1) is 40.9 Å². The van der Waals surface area contributed by atoms with Crippen LogP contribution in [0.1, 0.15) is 33.9 Å². The summed E-state index contributed by atoms with van der Waals surface area (Å²) in [5, 5.41) is 4.21. The molecule has 206 valence electrons. The number of hydrogen-bond donors (Lipinski definition) is 0. The van der Waals surface area contributed by atoms with Crippen LogP contribution in [0.5, 0.6) is 0 Å². The molecule has 0 unspecified atom stereocenters. The minimum absolute atomic E-state index is 0.493. The van der Waals surface area contributed by atoms with Crippen molar-refractivity contribution in [3.05, 3.63) is 117 Å². The molecular formula is C32H22N4S6. The van der Waals surface area contributed by atoms with Crippen molar-refractivity contribution >= 4 is 108 Å². The van der Waals surface area contributed by atoms with Gasteiger partial charge < -0.3 is 0 Å². The van der Waals surface area contributed by atoms with Gasteiger partial charge in [-0.3, -0.25) is 0 Å². The summed E-state index contributed by atoms with van der Waals surface area (Å²) in [6.07, 6.45) is 0. The molecule has 10 heteroatoms. The van der Waals surface area contributed by atoms with Crippen molar-refractivity contribution in [1.82, 2.24) is 19.9 Å². The average molecular weight is 655 g/mol. The van der Waals surface area contributed by atoms with Crippen LogP contribution in [0.4, 0.5) is 0 Å². The van der Waals surface area contributed by atoms with Crippen LogP contribution in [0.2, 0.25) is 0 Å². The lowest BCUT2D eigenvalue weighted by atomic mass is 10.2. The molecule has 0 aliphatic rings. The first-order valence-corrected chi connectivity index (χ1v) is 18.7. The normalized spacial score (nSPS) is 12.7. The third-order valence-electron chi connectivity index (χ3n) is 7.18. The Morgan fingerprint density at radius 3 is 0.881 bits per heavy atom. The Morgan fingerprint density at radius 1 is 0.405 bits per heavy atom. The van der Waals surface area contributed by atoms with Crippen LogP contribution in [-0.2, 0) is 9.49 Å². The fourth-order valence-electron chi connectivity index (χ4n) is 4.80. The summed E-state index contributed by atoms with van der Waals surface area (Å²) < 4.78 is 3.76. The smallest absolute Gasteiger partial charge is 0.126 e. The van der Waals surface area contributed by atoms with Crippen LogP contribution in [0.3, 0.4) is 0 Å². The van der Waals surface area contributed by atoms with E-state index in [0.717, 1.165) is 42.1 Å². The zero-order valence-electron chi connectivity index (χ0n) is 22.5. The minimum Gasteiger partial charge on any atom is -0.239 e. The second-order valence-electron chi connectivity index (χ2n) is 10.2. The fraction of sp³-hybridized carbons (Fsp3) is 0.125. The maximum atomic E-state index is 5.17. The molecule has 4 aromatic carbocycles. The summed E-state index contributed by atoms with van der Waals surface area (Å²) in [7, 11) is 3.65. The van der Waals surface area contributed by atoms with Crippen molar-refractivity contribution in [1.29, 1.82) is 0 Å². The van der Waals surface area contributed by atoms with Crippen molar-refractivity contribution < 1.29 is 0 Å². The lowest BCUT2D eigenvalue weighted by Gasteiger charge is -2.30. The highest BCUT2D eigenvalue weighted by Crippen LogP contribution is 2.60. The van der Waals surface area contributed by atoms with Crippen molar-refractivity contribution in [3.63, 3.8) is 0 Å². The zero-order chi connectivity index (χ0) is 28.3. The highest BCUT2D eigenvalue weighted by Gasteiger charge is 2.44. The summed E-state index contributed by atoms with van der Waals surface area (Å²) >= 11 is 7.02. The molecular weight excluding hydrogens is 633 g/mol. The van der Waals surface area contributed by atoms with E-state index in [2.05, 4.69) is 111 Å². The van der Waals surface area contributed by atoms with Crippen LogP contribution in [0.15, 0.2) is 97.1 Å². The van der Waals surface area contributed by atoms with Gasteiger partial charge in [0.2, 0.25) is 0 Å². The molecule has 0 amide bonds. The number of aromatic nitrogens is 4. The summed E-state index contributed by atoms with van der Waals surface area (Å²) in [4.78, 5) is 20.7. The molecule has 0 aliphatic carbocycles. The van der Waals surface area contributed by atoms with Crippen molar-refractivity contribution in [3.8, 4) is 0 Å². The van der Waals surface area contributed by atoms with E-state index in [1.54, 1.807) is 45.3 Å². The quantitative estimate of drug-likeness (QED) is 0.159. The predicted octanol–water partition coefficient (Wildman–Crippen LogP) is 10.7. The van der Waals surface area contributed by atoms with E-state index in [1.807, 2.05) is 21.6 Å². The molecule has 8 aromatic rings. The van der Waals surface area contributed by atoms with Gasteiger partial charge in [-0.2, -0.15) is 0 Å². The van der Waals surface area contributed by atoms with E-state index in [9.17, 15) is 0 Å². The molecule has 4 heterocycles. The monoisotopic (exact) mass is 654 g/mol. The molecule has 8 rings (SSSR count). The van der Waals surface area contributed by atoms with Gasteiger partial charge in [-0.05, 0) is 62.4 Å². The highest BCUT2D eigenvalue weighted by molar-refractivity contribution is 8.77. The topological polar surface area (TPSA) is 51.6 Å². The second-order valence-corrected chi connectivity index (χ2v) is 17.3. The summed E-state index contributed by atoms with van der Waals surface area (Å²) in [6, 6.07) is 33.5. The van der Waals surface area contributed by atoms with Crippen molar-refractivity contribution in [2.24, 2.45) is 0 Å². The van der Waals surface area contributed by atoms with Crippen LogP contribution < -0.4 is 0 Å². The van der Waals surface area contributed by atoms with E-state index in [1.165, 1.54) is 18.8 Å². The summed E-state index contributed by atoms with van der Waals surface area (Å²) in [5.74, 6) is 0. The molecule has 0 atom stereocenters. The fourth-order valence-corrected chi connectivity index (χ4v) is 13.3. The van der Waals surface area contributed by atoms with Gasteiger partial charge >= 0.3 is 0 Å². The number of nitrogens with zero attached hydrogens (tertiary/aromatic N) is 4. The van der Waals surface area contributed by atoms with Crippen LogP contribution in [0, 0.1) is 0 Å². The second kappa shape index (κ2) is 10.4. The highest BCUT2D eigenvalue weighted by atomic mass is 33.1. The van der Waals surface area contributed by atoms with Gasteiger partial charge in [-0.15, -0.1) is 45.3 Å². The van der Waals surface area contributed by atoms with E-state index >= 15 is 0 Å². The summed E-state index contributed by atoms with van der Waals surface area (Å²) in [5.41, 5.74) is 4.09. The molecule has 0 fully saturated rings. The van der Waals surface area contributed by atoms with E-state index in [4.69, 9.17) is 19.9 Å². The summed E-state index contributed by atoms with van der Waals surface area (Å²) in [6.45, 7) is 4.55. The Labute approximate surface area is 266 Å². The van der Waals surface area contributed by atoms with Crippen LogP contribution in [0.25, 0.3) is 40.9 Å². The molecule has 0 saturated carbocycles. The molecule has 0 saturated heterocycles. The Bertz CT molecular complexity index is 1790. The minimum atomic E-state index is -0.493. The Balaban J connectivity index is 1.28. The van der Waals surface area contributed by atoms with Gasteiger partial charge in [-0.1, -0.05) is 70.1 Å². The van der Waals surface area contributed by atoms with Crippen LogP contribution >= 0.6 is 66.9 Å². The first kappa shape index (κ1) is 26.7. The van der Waals surface area contributed by atoms with Gasteiger partial charge in [0, 0.05) is 0 Å². The molecule has 4 aromatic heterocycles. The largest absolute Gasteiger partial charge is 0.239 e.